The second-order valence-electron chi connectivity index (χ2n) is 11.2. The molecule has 5 rings (SSSR count). The summed E-state index contributed by atoms with van der Waals surface area (Å²) >= 11 is 0. The van der Waals surface area contributed by atoms with Crippen LogP contribution in [0.15, 0.2) is 115 Å². The Morgan fingerprint density at radius 1 is 0.714 bits per heavy atom. The minimum atomic E-state index is -0.574. The molecule has 5 aromatic rings. The van der Waals surface area contributed by atoms with Gasteiger partial charge in [-0.15, -0.1) is 0 Å². The predicted octanol–water partition coefficient (Wildman–Crippen LogP) is 9.53. The van der Waals surface area contributed by atoms with Gasteiger partial charge in [-0.2, -0.15) is 0 Å². The van der Waals surface area contributed by atoms with Crippen LogP contribution in [0.2, 0.25) is 0 Å². The predicted molar refractivity (Wildman–Crippen MR) is 190 cm³/mol. The zero-order valence-electron chi connectivity index (χ0n) is 27.9. The SMILES string of the molecule is CC=Cc1c(OCCCOc2cc(OCc3ccccc3)c(-c3ccc(F)cc3)cc2CC)cccc1C(=O)c1ccccc1C(=O)OC. The highest BCUT2D eigenvalue weighted by Crippen LogP contribution is 2.37. The van der Waals surface area contributed by atoms with Gasteiger partial charge in [0, 0.05) is 34.7 Å². The molecule has 0 bridgehead atoms. The van der Waals surface area contributed by atoms with Crippen molar-refractivity contribution >= 4 is 17.8 Å². The Hall–Kier alpha value is -5.69. The summed E-state index contributed by atoms with van der Waals surface area (Å²) in [6.07, 6.45) is 4.97. The first-order valence-electron chi connectivity index (χ1n) is 16.3. The molecule has 5 aromatic carbocycles. The number of carbonyl (C=O) groups is 2. The van der Waals surface area contributed by atoms with Gasteiger partial charge >= 0.3 is 5.97 Å². The first-order valence-corrected chi connectivity index (χ1v) is 16.3. The number of hydrogen-bond donors (Lipinski definition) is 0. The second-order valence-corrected chi connectivity index (χ2v) is 11.2. The highest BCUT2D eigenvalue weighted by molar-refractivity contribution is 6.16. The molecule has 0 unspecified atom stereocenters. The van der Waals surface area contributed by atoms with Crippen LogP contribution < -0.4 is 14.2 Å². The van der Waals surface area contributed by atoms with Crippen LogP contribution in [0, 0.1) is 5.82 Å². The summed E-state index contributed by atoms with van der Waals surface area (Å²) < 4.78 is 37.4. The van der Waals surface area contributed by atoms with Crippen LogP contribution in [-0.2, 0) is 17.8 Å². The first kappa shape index (κ1) is 34.6. The number of rotatable bonds is 15. The molecule has 0 radical (unpaired) electrons. The Kier molecular flexibility index (Phi) is 12.0. The van der Waals surface area contributed by atoms with Crippen molar-refractivity contribution in [1.82, 2.24) is 0 Å². The summed E-state index contributed by atoms with van der Waals surface area (Å²) in [6.45, 7) is 5.02. The average Bonchev–Trinajstić information content (AvgIpc) is 3.14. The van der Waals surface area contributed by atoms with Crippen molar-refractivity contribution in [3.8, 4) is 28.4 Å². The summed E-state index contributed by atoms with van der Waals surface area (Å²) in [5, 5.41) is 0. The molecule has 0 aromatic heterocycles. The maximum absolute atomic E-state index is 13.7. The normalized spacial score (nSPS) is 10.9. The molecule has 7 heteroatoms. The molecule has 0 spiro atoms. The van der Waals surface area contributed by atoms with E-state index in [1.54, 1.807) is 48.5 Å². The van der Waals surface area contributed by atoms with E-state index in [1.165, 1.54) is 19.2 Å². The first-order chi connectivity index (χ1) is 23.9. The van der Waals surface area contributed by atoms with Crippen molar-refractivity contribution in [3.05, 3.63) is 154 Å². The number of ether oxygens (including phenoxy) is 4. The van der Waals surface area contributed by atoms with E-state index in [9.17, 15) is 14.0 Å². The molecule has 0 heterocycles. The van der Waals surface area contributed by atoms with Gasteiger partial charge in [-0.3, -0.25) is 4.79 Å². The van der Waals surface area contributed by atoms with E-state index in [-0.39, 0.29) is 22.7 Å². The van der Waals surface area contributed by atoms with Gasteiger partial charge in [0.2, 0.25) is 0 Å². The zero-order valence-corrected chi connectivity index (χ0v) is 27.9. The number of benzene rings is 5. The summed E-state index contributed by atoms with van der Waals surface area (Å²) in [7, 11) is 1.29. The fourth-order valence-corrected chi connectivity index (χ4v) is 5.47. The van der Waals surface area contributed by atoms with Gasteiger partial charge in [0.05, 0.1) is 25.9 Å². The van der Waals surface area contributed by atoms with Crippen LogP contribution in [0.4, 0.5) is 4.39 Å². The van der Waals surface area contributed by atoms with Crippen molar-refractivity contribution in [2.75, 3.05) is 20.3 Å². The Morgan fingerprint density at radius 3 is 2.08 bits per heavy atom. The molecule has 6 nitrogen and oxygen atoms in total. The summed E-state index contributed by atoms with van der Waals surface area (Å²) in [5.41, 5.74) is 5.25. The summed E-state index contributed by atoms with van der Waals surface area (Å²) in [4.78, 5) is 26.0. The zero-order chi connectivity index (χ0) is 34.6. The quantitative estimate of drug-likeness (QED) is 0.0634. The molecule has 0 amide bonds. The van der Waals surface area contributed by atoms with Crippen molar-refractivity contribution in [2.24, 2.45) is 0 Å². The molecule has 0 aliphatic rings. The Morgan fingerprint density at radius 2 is 1.39 bits per heavy atom. The van der Waals surface area contributed by atoms with E-state index in [0.29, 0.717) is 54.6 Å². The van der Waals surface area contributed by atoms with Gasteiger partial charge < -0.3 is 18.9 Å². The lowest BCUT2D eigenvalue weighted by atomic mass is 9.94. The number of hydrogen-bond acceptors (Lipinski definition) is 6. The molecule has 0 saturated carbocycles. The molecule has 49 heavy (non-hydrogen) atoms. The molecular formula is C42H39FO6. The highest BCUT2D eigenvalue weighted by Gasteiger charge is 2.22. The van der Waals surface area contributed by atoms with Crippen LogP contribution >= 0.6 is 0 Å². The van der Waals surface area contributed by atoms with Gasteiger partial charge in [-0.1, -0.05) is 91.9 Å². The minimum absolute atomic E-state index is 0.204. The molecule has 0 atom stereocenters. The third kappa shape index (κ3) is 8.62. The van der Waals surface area contributed by atoms with Crippen LogP contribution in [0.1, 0.15) is 63.2 Å². The fourth-order valence-electron chi connectivity index (χ4n) is 5.47. The monoisotopic (exact) mass is 658 g/mol. The molecule has 0 aliphatic carbocycles. The number of allylic oxidation sites excluding steroid dienone is 1. The molecule has 0 saturated heterocycles. The molecule has 0 aliphatic heterocycles. The van der Waals surface area contributed by atoms with E-state index >= 15 is 0 Å². The molecular weight excluding hydrogens is 619 g/mol. The fraction of sp³-hybridized carbons (Fsp3) is 0.190. The van der Waals surface area contributed by atoms with Crippen LogP contribution in [-0.4, -0.2) is 32.1 Å². The van der Waals surface area contributed by atoms with Gasteiger partial charge in [0.25, 0.3) is 0 Å². The highest BCUT2D eigenvalue weighted by atomic mass is 19.1. The lowest BCUT2D eigenvalue weighted by Crippen LogP contribution is -2.13. The van der Waals surface area contributed by atoms with Crippen molar-refractivity contribution < 1.29 is 32.9 Å². The average molecular weight is 659 g/mol. The van der Waals surface area contributed by atoms with Crippen molar-refractivity contribution in [2.45, 2.75) is 33.3 Å². The number of carbonyl (C=O) groups excluding carboxylic acids is 2. The Labute approximate surface area is 286 Å². The van der Waals surface area contributed by atoms with Gasteiger partial charge in [-0.25, -0.2) is 9.18 Å². The van der Waals surface area contributed by atoms with Crippen molar-refractivity contribution in [1.29, 1.82) is 0 Å². The number of esters is 1. The largest absolute Gasteiger partial charge is 0.493 e. The Bertz CT molecular complexity index is 1910. The third-order valence-electron chi connectivity index (χ3n) is 7.96. The number of halogens is 1. The summed E-state index contributed by atoms with van der Waals surface area (Å²) in [5.74, 6) is 0.731. The van der Waals surface area contributed by atoms with Crippen LogP contribution in [0.25, 0.3) is 17.2 Å². The maximum atomic E-state index is 13.7. The topological polar surface area (TPSA) is 71.1 Å². The van der Waals surface area contributed by atoms with Crippen molar-refractivity contribution in [3.63, 3.8) is 0 Å². The van der Waals surface area contributed by atoms with E-state index in [2.05, 4.69) is 6.92 Å². The van der Waals surface area contributed by atoms with E-state index < -0.39 is 5.97 Å². The van der Waals surface area contributed by atoms with Crippen LogP contribution in [0.3, 0.4) is 0 Å². The smallest absolute Gasteiger partial charge is 0.338 e. The number of ketones is 1. The second kappa shape index (κ2) is 16.9. The molecule has 0 N–H and O–H groups in total. The number of aryl methyl sites for hydroxylation is 1. The van der Waals surface area contributed by atoms with E-state index in [1.807, 2.05) is 67.6 Å². The number of methoxy groups -OCH3 is 1. The van der Waals surface area contributed by atoms with Gasteiger partial charge in [0.1, 0.15) is 29.7 Å². The van der Waals surface area contributed by atoms with Gasteiger partial charge in [-0.05, 0) is 60.4 Å². The van der Waals surface area contributed by atoms with Gasteiger partial charge in [0.15, 0.2) is 5.78 Å². The lowest BCUT2D eigenvalue weighted by molar-refractivity contribution is 0.0597. The lowest BCUT2D eigenvalue weighted by Gasteiger charge is -2.18. The third-order valence-corrected chi connectivity index (χ3v) is 7.96. The van der Waals surface area contributed by atoms with E-state index in [4.69, 9.17) is 18.9 Å². The minimum Gasteiger partial charge on any atom is -0.493 e. The Balaban J connectivity index is 1.30. The maximum Gasteiger partial charge on any atom is 0.338 e. The molecule has 250 valence electrons. The standard InChI is InChI=1S/C42H39FO6/c1-4-13-33-34(41(44)35-16-9-10-17-36(35)42(45)46-3)18-11-19-38(33)47-24-12-25-48-39-27-40(49-28-29-14-7-6-8-15-29)37(26-30(39)5-2)31-20-22-32(43)23-21-31/h4,6-11,13-23,26-27H,5,12,24-25,28H2,1-3H3. The van der Waals surface area contributed by atoms with E-state index in [0.717, 1.165) is 28.7 Å². The van der Waals surface area contributed by atoms with Crippen LogP contribution in [0.5, 0.6) is 17.2 Å². The summed E-state index contributed by atoms with van der Waals surface area (Å²) in [6, 6.07) is 32.2. The molecule has 0 fully saturated rings.